The largest absolute Gasteiger partial charge is 0.490 e. The van der Waals surface area contributed by atoms with Gasteiger partial charge in [-0.05, 0) is 43.9 Å². The Hall–Kier alpha value is -2.61. The minimum absolute atomic E-state index is 0.238. The Balaban J connectivity index is 1.78. The maximum Gasteiger partial charge on any atom is 0.288 e. The van der Waals surface area contributed by atoms with E-state index in [4.69, 9.17) is 4.74 Å². The van der Waals surface area contributed by atoms with Crippen LogP contribution in [0.25, 0.3) is 0 Å². The fourth-order valence-electron chi connectivity index (χ4n) is 3.22. The SMILES string of the molecule is CS(=O)(=O)c1cc(NCc2ccccc2OC2CCCC2)ccc1[N+](=O)[O-]. The van der Waals surface area contributed by atoms with E-state index in [0.29, 0.717) is 12.2 Å². The number of para-hydroxylation sites is 1. The van der Waals surface area contributed by atoms with Crippen LogP contribution in [0, 0.1) is 10.1 Å². The van der Waals surface area contributed by atoms with Gasteiger partial charge in [-0.2, -0.15) is 0 Å². The molecule has 0 atom stereocenters. The Kier molecular flexibility index (Phi) is 5.65. The van der Waals surface area contributed by atoms with E-state index in [9.17, 15) is 18.5 Å². The standard InChI is InChI=1S/C19H22N2O5S/c1-27(24,25)19-12-15(10-11-17(19)21(22)23)20-13-14-6-2-5-9-18(14)26-16-7-3-4-8-16/h2,5-6,9-12,16,20H,3-4,7-8,13H2,1H3. The molecule has 0 unspecified atom stereocenters. The van der Waals surface area contributed by atoms with Gasteiger partial charge in [0.05, 0.1) is 11.0 Å². The molecule has 2 aromatic carbocycles. The summed E-state index contributed by atoms with van der Waals surface area (Å²) in [6.07, 6.45) is 5.68. The molecule has 0 amide bonds. The van der Waals surface area contributed by atoms with E-state index < -0.39 is 20.4 Å². The Morgan fingerprint density at radius 2 is 1.89 bits per heavy atom. The average molecular weight is 390 g/mol. The number of hydrogen-bond donors (Lipinski definition) is 1. The zero-order valence-corrected chi connectivity index (χ0v) is 15.9. The Bertz CT molecular complexity index is 937. The van der Waals surface area contributed by atoms with E-state index in [1.54, 1.807) is 0 Å². The van der Waals surface area contributed by atoms with Crippen LogP contribution in [0.1, 0.15) is 31.2 Å². The minimum Gasteiger partial charge on any atom is -0.490 e. The molecule has 1 aliphatic rings. The van der Waals surface area contributed by atoms with Crippen LogP contribution >= 0.6 is 0 Å². The van der Waals surface area contributed by atoms with E-state index >= 15 is 0 Å². The number of nitro benzene ring substituents is 1. The number of nitrogens with zero attached hydrogens (tertiary/aromatic N) is 1. The van der Waals surface area contributed by atoms with Crippen molar-refractivity contribution < 1.29 is 18.1 Å². The van der Waals surface area contributed by atoms with Gasteiger partial charge in [0.15, 0.2) is 9.84 Å². The molecule has 1 saturated carbocycles. The second-order valence-corrected chi connectivity index (χ2v) is 8.68. The molecule has 3 rings (SSSR count). The first kappa shape index (κ1) is 19.2. The smallest absolute Gasteiger partial charge is 0.288 e. The van der Waals surface area contributed by atoms with Crippen molar-refractivity contribution in [3.05, 3.63) is 58.1 Å². The van der Waals surface area contributed by atoms with Gasteiger partial charge >= 0.3 is 0 Å². The number of rotatable bonds is 7. The molecular weight excluding hydrogens is 368 g/mol. The Labute approximate surface area is 158 Å². The summed E-state index contributed by atoms with van der Waals surface area (Å²) in [5.74, 6) is 0.808. The third kappa shape index (κ3) is 4.77. The maximum atomic E-state index is 11.9. The summed E-state index contributed by atoms with van der Waals surface area (Å²) in [4.78, 5) is 10.1. The van der Waals surface area contributed by atoms with E-state index in [0.717, 1.165) is 30.4 Å². The molecule has 0 aromatic heterocycles. The Morgan fingerprint density at radius 3 is 2.56 bits per heavy atom. The summed E-state index contributed by atoms with van der Waals surface area (Å²) in [7, 11) is -3.71. The summed E-state index contributed by atoms with van der Waals surface area (Å²) in [6, 6.07) is 11.7. The van der Waals surface area contributed by atoms with E-state index in [-0.39, 0.29) is 11.0 Å². The molecule has 144 valence electrons. The fourth-order valence-corrected chi connectivity index (χ4v) is 4.08. The highest BCUT2D eigenvalue weighted by Gasteiger charge is 2.22. The zero-order valence-electron chi connectivity index (χ0n) is 15.1. The summed E-state index contributed by atoms with van der Waals surface area (Å²) in [6.45, 7) is 0.421. The molecule has 2 aromatic rings. The van der Waals surface area contributed by atoms with Crippen molar-refractivity contribution in [2.45, 2.75) is 43.2 Å². The van der Waals surface area contributed by atoms with Crippen LogP contribution in [0.2, 0.25) is 0 Å². The topological polar surface area (TPSA) is 98.5 Å². The van der Waals surface area contributed by atoms with E-state index in [1.165, 1.54) is 31.0 Å². The molecule has 0 saturated heterocycles. The second kappa shape index (κ2) is 7.96. The highest BCUT2D eigenvalue weighted by atomic mass is 32.2. The van der Waals surface area contributed by atoms with Crippen LogP contribution in [-0.4, -0.2) is 25.7 Å². The van der Waals surface area contributed by atoms with Gasteiger partial charge in [-0.3, -0.25) is 10.1 Å². The molecule has 0 heterocycles. The molecule has 1 aliphatic carbocycles. The van der Waals surface area contributed by atoms with Gasteiger partial charge in [0.1, 0.15) is 10.6 Å². The summed E-state index contributed by atoms with van der Waals surface area (Å²) < 4.78 is 29.9. The first-order valence-corrected chi connectivity index (χ1v) is 10.7. The van der Waals surface area contributed by atoms with Crippen molar-refractivity contribution >= 4 is 21.2 Å². The summed E-state index contributed by atoms with van der Waals surface area (Å²) >= 11 is 0. The van der Waals surface area contributed by atoms with Gasteiger partial charge in [-0.1, -0.05) is 18.2 Å². The fraction of sp³-hybridized carbons (Fsp3) is 0.368. The van der Waals surface area contributed by atoms with Crippen LogP contribution in [0.3, 0.4) is 0 Å². The van der Waals surface area contributed by atoms with Crippen molar-refractivity contribution in [1.82, 2.24) is 0 Å². The third-order valence-corrected chi connectivity index (χ3v) is 5.73. The predicted octanol–water partition coefficient (Wildman–Crippen LogP) is 3.93. The van der Waals surface area contributed by atoms with Gasteiger partial charge in [-0.25, -0.2) is 8.42 Å². The molecular formula is C19H22N2O5S. The van der Waals surface area contributed by atoms with Crippen molar-refractivity contribution in [3.63, 3.8) is 0 Å². The summed E-state index contributed by atoms with van der Waals surface area (Å²) in [5, 5.41) is 14.2. The number of benzene rings is 2. The van der Waals surface area contributed by atoms with Crippen LogP contribution in [0.15, 0.2) is 47.4 Å². The van der Waals surface area contributed by atoms with Gasteiger partial charge in [0, 0.05) is 30.1 Å². The van der Waals surface area contributed by atoms with Gasteiger partial charge in [0.25, 0.3) is 5.69 Å². The lowest BCUT2D eigenvalue weighted by Gasteiger charge is -2.17. The first-order valence-electron chi connectivity index (χ1n) is 8.81. The van der Waals surface area contributed by atoms with Crippen molar-refractivity contribution in [2.24, 2.45) is 0 Å². The molecule has 1 N–H and O–H groups in total. The maximum absolute atomic E-state index is 11.9. The highest BCUT2D eigenvalue weighted by molar-refractivity contribution is 7.90. The minimum atomic E-state index is -3.71. The van der Waals surface area contributed by atoms with Crippen LogP contribution in [0.5, 0.6) is 5.75 Å². The molecule has 0 spiro atoms. The number of ether oxygens (including phenoxy) is 1. The number of anilines is 1. The van der Waals surface area contributed by atoms with Crippen molar-refractivity contribution in [1.29, 1.82) is 0 Å². The third-order valence-electron chi connectivity index (χ3n) is 4.61. The van der Waals surface area contributed by atoms with Crippen LogP contribution in [-0.2, 0) is 16.4 Å². The quantitative estimate of drug-likeness (QED) is 0.568. The predicted molar refractivity (Wildman–Crippen MR) is 103 cm³/mol. The molecule has 0 bridgehead atoms. The van der Waals surface area contributed by atoms with Gasteiger partial charge in [0.2, 0.25) is 0 Å². The van der Waals surface area contributed by atoms with Crippen molar-refractivity contribution in [3.8, 4) is 5.75 Å². The van der Waals surface area contributed by atoms with E-state index in [2.05, 4.69) is 5.32 Å². The zero-order chi connectivity index (χ0) is 19.4. The Morgan fingerprint density at radius 1 is 1.19 bits per heavy atom. The number of sulfone groups is 1. The summed E-state index contributed by atoms with van der Waals surface area (Å²) in [5.41, 5.74) is 1.02. The lowest BCUT2D eigenvalue weighted by Crippen LogP contribution is -2.13. The second-order valence-electron chi connectivity index (χ2n) is 6.70. The lowest BCUT2D eigenvalue weighted by molar-refractivity contribution is -0.387. The van der Waals surface area contributed by atoms with Crippen LogP contribution in [0.4, 0.5) is 11.4 Å². The van der Waals surface area contributed by atoms with Gasteiger partial charge in [-0.15, -0.1) is 0 Å². The van der Waals surface area contributed by atoms with E-state index in [1.807, 2.05) is 24.3 Å². The highest BCUT2D eigenvalue weighted by Crippen LogP contribution is 2.29. The molecule has 8 heteroatoms. The number of nitrogens with one attached hydrogen (secondary N) is 1. The van der Waals surface area contributed by atoms with Crippen molar-refractivity contribution in [2.75, 3.05) is 11.6 Å². The number of hydrogen-bond acceptors (Lipinski definition) is 6. The molecule has 7 nitrogen and oxygen atoms in total. The average Bonchev–Trinajstić information content (AvgIpc) is 3.13. The number of nitro groups is 1. The molecule has 27 heavy (non-hydrogen) atoms. The monoisotopic (exact) mass is 390 g/mol. The normalized spacial score (nSPS) is 14.9. The lowest BCUT2D eigenvalue weighted by atomic mass is 10.2. The molecule has 0 aliphatic heterocycles. The molecule has 1 fully saturated rings. The van der Waals surface area contributed by atoms with Gasteiger partial charge < -0.3 is 10.1 Å². The first-order chi connectivity index (χ1) is 12.8. The molecule has 0 radical (unpaired) electrons. The van der Waals surface area contributed by atoms with Crippen LogP contribution < -0.4 is 10.1 Å².